The smallest absolute Gasteiger partial charge is 0.322 e. The van der Waals surface area contributed by atoms with E-state index in [1.807, 2.05) is 0 Å². The van der Waals surface area contributed by atoms with Gasteiger partial charge in [0, 0.05) is 6.42 Å². The number of carbonyl (C=O) groups excluding carboxylic acids is 1. The Kier molecular flexibility index (Phi) is 6.25. The van der Waals surface area contributed by atoms with E-state index in [1.54, 1.807) is 0 Å². The van der Waals surface area contributed by atoms with E-state index >= 15 is 0 Å². The number of carboxylic acid groups (broad SMARTS) is 1. The normalized spacial score (nSPS) is 43.8. The zero-order valence-electron chi connectivity index (χ0n) is 19.4. The number of fused-ring (bicyclic) bond motifs is 5. The summed E-state index contributed by atoms with van der Waals surface area (Å²) in [5.41, 5.74) is 1.05. The van der Waals surface area contributed by atoms with Crippen LogP contribution in [-0.4, -0.2) is 23.5 Å². The second-order valence-corrected chi connectivity index (χ2v) is 11.8. The summed E-state index contributed by atoms with van der Waals surface area (Å²) in [7, 11) is 0. The fourth-order valence-corrected chi connectivity index (χ4v) is 9.09. The van der Waals surface area contributed by atoms with Crippen LogP contribution < -0.4 is 5.32 Å². The van der Waals surface area contributed by atoms with Crippen molar-refractivity contribution in [2.24, 2.45) is 46.3 Å². The van der Waals surface area contributed by atoms with Gasteiger partial charge in [-0.1, -0.05) is 33.6 Å². The zero-order valence-corrected chi connectivity index (χ0v) is 19.4. The monoisotopic (exact) mass is 417 g/mol. The quantitative estimate of drug-likeness (QED) is 0.586. The molecule has 1 amide bonds. The van der Waals surface area contributed by atoms with Gasteiger partial charge in [0.1, 0.15) is 6.54 Å². The van der Waals surface area contributed by atoms with Gasteiger partial charge in [0.05, 0.1) is 0 Å². The van der Waals surface area contributed by atoms with Crippen molar-refractivity contribution >= 4 is 11.9 Å². The molecule has 0 heterocycles. The highest BCUT2D eigenvalue weighted by molar-refractivity contribution is 5.81. The third-order valence-electron chi connectivity index (χ3n) is 10.6. The van der Waals surface area contributed by atoms with Gasteiger partial charge in [0.25, 0.3) is 0 Å². The van der Waals surface area contributed by atoms with Crippen molar-refractivity contribution in [1.29, 1.82) is 0 Å². The highest BCUT2D eigenvalue weighted by atomic mass is 16.4. The van der Waals surface area contributed by atoms with Crippen LogP contribution in [-0.2, 0) is 9.59 Å². The number of rotatable bonds is 6. The molecule has 4 fully saturated rings. The van der Waals surface area contributed by atoms with E-state index in [0.717, 1.165) is 30.1 Å². The molecule has 30 heavy (non-hydrogen) atoms. The van der Waals surface area contributed by atoms with Crippen LogP contribution in [0.3, 0.4) is 0 Å². The summed E-state index contributed by atoms with van der Waals surface area (Å²) in [5, 5.41) is 11.3. The Bertz CT molecular complexity index is 663. The lowest BCUT2D eigenvalue weighted by molar-refractivity contribution is -0.138. The summed E-state index contributed by atoms with van der Waals surface area (Å²) >= 11 is 0. The van der Waals surface area contributed by atoms with Crippen molar-refractivity contribution in [2.45, 2.75) is 97.8 Å². The van der Waals surface area contributed by atoms with Crippen LogP contribution in [0.2, 0.25) is 0 Å². The molecule has 1 unspecified atom stereocenters. The molecule has 0 aliphatic heterocycles. The minimum Gasteiger partial charge on any atom is -0.480 e. The maximum atomic E-state index is 12.0. The molecule has 0 aromatic heterocycles. The fourth-order valence-electron chi connectivity index (χ4n) is 9.09. The summed E-state index contributed by atoms with van der Waals surface area (Å²) in [6.07, 6.45) is 15.6. The van der Waals surface area contributed by atoms with Crippen molar-refractivity contribution in [2.75, 3.05) is 6.54 Å². The summed E-state index contributed by atoms with van der Waals surface area (Å²) < 4.78 is 0. The zero-order chi connectivity index (χ0) is 21.5. The molecule has 0 bridgehead atoms. The second-order valence-electron chi connectivity index (χ2n) is 11.8. The van der Waals surface area contributed by atoms with Gasteiger partial charge in [0.15, 0.2) is 0 Å². The van der Waals surface area contributed by atoms with Crippen LogP contribution in [0.25, 0.3) is 0 Å². The highest BCUT2D eigenvalue weighted by Crippen LogP contribution is 2.68. The maximum Gasteiger partial charge on any atom is 0.322 e. The molecule has 0 spiro atoms. The molecule has 0 aromatic rings. The Hall–Kier alpha value is -1.06. The molecule has 4 saturated carbocycles. The summed E-state index contributed by atoms with van der Waals surface area (Å²) in [6, 6.07) is 0. The van der Waals surface area contributed by atoms with E-state index in [4.69, 9.17) is 5.11 Å². The highest BCUT2D eigenvalue weighted by Gasteiger charge is 2.60. The van der Waals surface area contributed by atoms with Crippen LogP contribution in [0.5, 0.6) is 0 Å². The van der Waals surface area contributed by atoms with Gasteiger partial charge >= 0.3 is 5.97 Å². The lowest BCUT2D eigenvalue weighted by Gasteiger charge is -2.61. The summed E-state index contributed by atoms with van der Waals surface area (Å²) in [6.45, 7) is 7.32. The average Bonchev–Trinajstić information content (AvgIpc) is 3.07. The predicted molar refractivity (Wildman–Crippen MR) is 119 cm³/mol. The number of carbonyl (C=O) groups is 2. The molecular weight excluding hydrogens is 374 g/mol. The molecule has 4 aliphatic carbocycles. The van der Waals surface area contributed by atoms with Crippen LogP contribution in [0.4, 0.5) is 0 Å². The van der Waals surface area contributed by atoms with Crippen LogP contribution in [0, 0.1) is 46.3 Å². The van der Waals surface area contributed by atoms with Crippen LogP contribution in [0.1, 0.15) is 97.8 Å². The first-order chi connectivity index (χ1) is 14.3. The van der Waals surface area contributed by atoms with E-state index in [1.165, 1.54) is 64.2 Å². The predicted octanol–water partition coefficient (Wildman–Crippen LogP) is 5.65. The molecule has 0 radical (unpaired) electrons. The van der Waals surface area contributed by atoms with Crippen molar-refractivity contribution in [3.05, 3.63) is 0 Å². The molecule has 0 saturated heterocycles. The standard InChI is InChI=1S/C26H43NO3/c1-17(7-12-23(28)27-16-24(29)30)20-10-11-21-19-9-8-18-6-4-5-14-25(18,2)22(19)13-15-26(20,21)3/h17-22H,4-16H2,1-3H3,(H,27,28)(H,29,30)/t17-,18?,19+,20-,21+,22+,25+,26-/m1/s1. The molecule has 4 aliphatic rings. The van der Waals surface area contributed by atoms with E-state index < -0.39 is 5.97 Å². The first-order valence-corrected chi connectivity index (χ1v) is 12.7. The number of carboxylic acids is 1. The van der Waals surface area contributed by atoms with Gasteiger partial charge < -0.3 is 10.4 Å². The fraction of sp³-hybridized carbons (Fsp3) is 0.923. The summed E-state index contributed by atoms with van der Waals surface area (Å²) in [4.78, 5) is 22.7. The van der Waals surface area contributed by atoms with Gasteiger partial charge in [-0.3, -0.25) is 9.59 Å². The first-order valence-electron chi connectivity index (χ1n) is 12.7. The molecular formula is C26H43NO3. The molecule has 8 atom stereocenters. The van der Waals surface area contributed by atoms with E-state index in [0.29, 0.717) is 29.1 Å². The van der Waals surface area contributed by atoms with Crippen molar-refractivity contribution in [3.8, 4) is 0 Å². The first kappa shape index (κ1) is 22.1. The second kappa shape index (κ2) is 8.47. The number of nitrogens with one attached hydrogen (secondary N) is 1. The average molecular weight is 418 g/mol. The number of hydrogen-bond acceptors (Lipinski definition) is 2. The third-order valence-corrected chi connectivity index (χ3v) is 10.6. The SMILES string of the molecule is C[C@H](CCC(=O)NCC(=O)O)[C@H]1CC[C@H]2[C@@H]3CCC4CCCC[C@]4(C)[C@H]3CC[C@]12C. The van der Waals surface area contributed by atoms with E-state index in [2.05, 4.69) is 26.1 Å². The molecule has 4 nitrogen and oxygen atoms in total. The maximum absolute atomic E-state index is 12.0. The number of hydrogen-bond donors (Lipinski definition) is 2. The number of amides is 1. The van der Waals surface area contributed by atoms with Gasteiger partial charge in [0.2, 0.25) is 5.91 Å². The van der Waals surface area contributed by atoms with Crippen LogP contribution in [0.15, 0.2) is 0 Å². The molecule has 4 rings (SSSR count). The van der Waals surface area contributed by atoms with Gasteiger partial charge in [-0.05, 0) is 104 Å². The van der Waals surface area contributed by atoms with Crippen LogP contribution >= 0.6 is 0 Å². The molecule has 0 aromatic carbocycles. The number of aliphatic carboxylic acids is 1. The Morgan fingerprint density at radius 3 is 2.50 bits per heavy atom. The van der Waals surface area contributed by atoms with E-state index in [-0.39, 0.29) is 12.5 Å². The summed E-state index contributed by atoms with van der Waals surface area (Å²) in [5.74, 6) is 3.91. The topological polar surface area (TPSA) is 66.4 Å². The van der Waals surface area contributed by atoms with Gasteiger partial charge in [-0.25, -0.2) is 0 Å². The Morgan fingerprint density at radius 2 is 1.73 bits per heavy atom. The molecule has 4 heteroatoms. The largest absolute Gasteiger partial charge is 0.480 e. The van der Waals surface area contributed by atoms with Gasteiger partial charge in [-0.2, -0.15) is 0 Å². The minimum absolute atomic E-state index is 0.115. The Balaban J connectivity index is 1.40. The molecule has 2 N–H and O–H groups in total. The Labute approximate surface area is 183 Å². The lowest BCUT2D eigenvalue weighted by atomic mass is 9.44. The lowest BCUT2D eigenvalue weighted by Crippen LogP contribution is -2.53. The Morgan fingerprint density at radius 1 is 0.967 bits per heavy atom. The van der Waals surface area contributed by atoms with Gasteiger partial charge in [-0.15, -0.1) is 0 Å². The van der Waals surface area contributed by atoms with E-state index in [9.17, 15) is 9.59 Å². The third kappa shape index (κ3) is 3.81. The van der Waals surface area contributed by atoms with Crippen molar-refractivity contribution in [3.63, 3.8) is 0 Å². The van der Waals surface area contributed by atoms with Crippen molar-refractivity contribution < 1.29 is 14.7 Å². The van der Waals surface area contributed by atoms with Crippen molar-refractivity contribution in [1.82, 2.24) is 5.32 Å². The minimum atomic E-state index is -0.972. The molecule has 170 valence electrons.